The zero-order valence-electron chi connectivity index (χ0n) is 7.81. The Bertz CT molecular complexity index is 411. The molecule has 0 aromatic carbocycles. The molecule has 4 nitrogen and oxygen atoms in total. The average Bonchev–Trinajstić information content (AvgIpc) is 2.70. The van der Waals surface area contributed by atoms with Crippen molar-refractivity contribution in [1.82, 2.24) is 15.2 Å². The molecule has 2 aromatic rings. The predicted octanol–water partition coefficient (Wildman–Crippen LogP) is 1.19. The average molecular weight is 189 g/mol. The lowest BCUT2D eigenvalue weighted by Crippen LogP contribution is -2.01. The van der Waals surface area contributed by atoms with Gasteiger partial charge in [0.15, 0.2) is 0 Å². The van der Waals surface area contributed by atoms with Gasteiger partial charge in [-0.1, -0.05) is 0 Å². The maximum absolute atomic E-state index is 9.96. The van der Waals surface area contributed by atoms with E-state index in [2.05, 4.69) is 15.2 Å². The van der Waals surface area contributed by atoms with Crippen molar-refractivity contribution >= 4 is 0 Å². The van der Waals surface area contributed by atoms with E-state index in [1.165, 1.54) is 0 Å². The zero-order valence-corrected chi connectivity index (χ0v) is 7.81. The first kappa shape index (κ1) is 8.90. The van der Waals surface area contributed by atoms with Gasteiger partial charge in [-0.05, 0) is 18.6 Å². The van der Waals surface area contributed by atoms with Gasteiger partial charge in [-0.15, -0.1) is 0 Å². The van der Waals surface area contributed by atoms with Gasteiger partial charge in [0, 0.05) is 29.7 Å². The van der Waals surface area contributed by atoms with Gasteiger partial charge in [-0.3, -0.25) is 10.1 Å². The van der Waals surface area contributed by atoms with Crippen molar-refractivity contribution in [3.8, 4) is 0 Å². The van der Waals surface area contributed by atoms with Gasteiger partial charge in [0.1, 0.15) is 6.10 Å². The number of pyridine rings is 1. The van der Waals surface area contributed by atoms with E-state index in [-0.39, 0.29) is 0 Å². The number of nitrogens with zero attached hydrogens (tertiary/aromatic N) is 2. The van der Waals surface area contributed by atoms with Crippen LogP contribution in [0.2, 0.25) is 0 Å². The van der Waals surface area contributed by atoms with Crippen molar-refractivity contribution in [2.24, 2.45) is 0 Å². The van der Waals surface area contributed by atoms with Crippen molar-refractivity contribution in [2.45, 2.75) is 13.0 Å². The van der Waals surface area contributed by atoms with Crippen molar-refractivity contribution in [2.75, 3.05) is 0 Å². The topological polar surface area (TPSA) is 61.8 Å². The standard InChI is InChI=1S/C10H11N3O/c1-7-2-3-11-6-9(7)10(14)8-4-12-13-5-8/h2-6,10,14H,1H3,(H,12,13). The fourth-order valence-electron chi connectivity index (χ4n) is 1.35. The van der Waals surface area contributed by atoms with Crippen LogP contribution >= 0.6 is 0 Å². The van der Waals surface area contributed by atoms with E-state index in [1.807, 2.05) is 13.0 Å². The van der Waals surface area contributed by atoms with Crippen LogP contribution in [-0.2, 0) is 0 Å². The first-order valence-electron chi connectivity index (χ1n) is 4.36. The summed E-state index contributed by atoms with van der Waals surface area (Å²) in [5.74, 6) is 0. The fraction of sp³-hybridized carbons (Fsp3) is 0.200. The second kappa shape index (κ2) is 3.59. The highest BCUT2D eigenvalue weighted by molar-refractivity contribution is 5.30. The quantitative estimate of drug-likeness (QED) is 0.746. The lowest BCUT2D eigenvalue weighted by atomic mass is 10.0. The highest BCUT2D eigenvalue weighted by Crippen LogP contribution is 2.22. The predicted molar refractivity (Wildman–Crippen MR) is 51.6 cm³/mol. The van der Waals surface area contributed by atoms with E-state index >= 15 is 0 Å². The third-order valence-electron chi connectivity index (χ3n) is 2.21. The van der Waals surface area contributed by atoms with Crippen molar-refractivity contribution in [1.29, 1.82) is 0 Å². The number of aromatic amines is 1. The summed E-state index contributed by atoms with van der Waals surface area (Å²) in [5.41, 5.74) is 2.59. The number of H-pyrrole nitrogens is 1. The summed E-state index contributed by atoms with van der Waals surface area (Å²) in [4.78, 5) is 3.99. The van der Waals surface area contributed by atoms with Crippen LogP contribution in [0.25, 0.3) is 0 Å². The lowest BCUT2D eigenvalue weighted by Gasteiger charge is -2.10. The largest absolute Gasteiger partial charge is 0.383 e. The molecule has 0 bridgehead atoms. The Balaban J connectivity index is 2.37. The summed E-state index contributed by atoms with van der Waals surface area (Å²) < 4.78 is 0. The Labute approximate surface area is 81.6 Å². The van der Waals surface area contributed by atoms with Gasteiger partial charge in [-0.25, -0.2) is 0 Å². The molecule has 4 heteroatoms. The van der Waals surface area contributed by atoms with Gasteiger partial charge in [0.2, 0.25) is 0 Å². The molecular weight excluding hydrogens is 178 g/mol. The Morgan fingerprint density at radius 2 is 2.29 bits per heavy atom. The molecule has 0 amide bonds. The Hall–Kier alpha value is -1.68. The summed E-state index contributed by atoms with van der Waals surface area (Å²) in [7, 11) is 0. The number of aromatic nitrogens is 3. The van der Waals surface area contributed by atoms with Crippen molar-refractivity contribution in [3.63, 3.8) is 0 Å². The maximum atomic E-state index is 9.96. The molecule has 1 atom stereocenters. The van der Waals surface area contributed by atoms with Crippen LogP contribution in [-0.4, -0.2) is 20.3 Å². The van der Waals surface area contributed by atoms with E-state index < -0.39 is 6.10 Å². The number of nitrogens with one attached hydrogen (secondary N) is 1. The molecule has 0 aliphatic heterocycles. The zero-order chi connectivity index (χ0) is 9.97. The number of rotatable bonds is 2. The number of aryl methyl sites for hydroxylation is 1. The summed E-state index contributed by atoms with van der Waals surface area (Å²) in [6.45, 7) is 1.94. The van der Waals surface area contributed by atoms with Gasteiger partial charge in [0.25, 0.3) is 0 Å². The summed E-state index contributed by atoms with van der Waals surface area (Å²) in [6.07, 6.45) is 6.02. The van der Waals surface area contributed by atoms with E-state index in [9.17, 15) is 5.11 Å². The van der Waals surface area contributed by atoms with Gasteiger partial charge >= 0.3 is 0 Å². The number of hydrogen-bond acceptors (Lipinski definition) is 3. The highest BCUT2D eigenvalue weighted by Gasteiger charge is 2.13. The minimum atomic E-state index is -0.651. The Morgan fingerprint density at radius 3 is 2.93 bits per heavy atom. The minimum Gasteiger partial charge on any atom is -0.383 e. The highest BCUT2D eigenvalue weighted by atomic mass is 16.3. The third-order valence-corrected chi connectivity index (χ3v) is 2.21. The van der Waals surface area contributed by atoms with E-state index in [4.69, 9.17) is 0 Å². The second-order valence-corrected chi connectivity index (χ2v) is 3.17. The molecule has 2 rings (SSSR count). The van der Waals surface area contributed by atoms with Gasteiger partial charge in [-0.2, -0.15) is 5.10 Å². The third kappa shape index (κ3) is 1.52. The van der Waals surface area contributed by atoms with Crippen LogP contribution in [0.5, 0.6) is 0 Å². The first-order valence-corrected chi connectivity index (χ1v) is 4.36. The minimum absolute atomic E-state index is 0.651. The molecule has 72 valence electrons. The molecule has 0 saturated heterocycles. The molecule has 2 N–H and O–H groups in total. The smallest absolute Gasteiger partial charge is 0.109 e. The van der Waals surface area contributed by atoms with Crippen LogP contribution in [0, 0.1) is 6.92 Å². The molecule has 0 saturated carbocycles. The van der Waals surface area contributed by atoms with Crippen LogP contribution in [0.4, 0.5) is 0 Å². The second-order valence-electron chi connectivity index (χ2n) is 3.17. The summed E-state index contributed by atoms with van der Waals surface area (Å²) in [6, 6.07) is 1.87. The molecule has 0 spiro atoms. The molecule has 0 aliphatic carbocycles. The van der Waals surface area contributed by atoms with Crippen molar-refractivity contribution < 1.29 is 5.11 Å². The molecule has 0 fully saturated rings. The molecule has 2 aromatic heterocycles. The number of aliphatic hydroxyl groups is 1. The molecule has 14 heavy (non-hydrogen) atoms. The van der Waals surface area contributed by atoms with Crippen LogP contribution in [0.15, 0.2) is 30.9 Å². The molecule has 2 heterocycles. The van der Waals surface area contributed by atoms with Gasteiger partial charge < -0.3 is 5.11 Å². The molecule has 1 unspecified atom stereocenters. The lowest BCUT2D eigenvalue weighted by molar-refractivity contribution is 0.219. The molecular formula is C10H11N3O. The van der Waals surface area contributed by atoms with Crippen LogP contribution in [0.1, 0.15) is 22.8 Å². The van der Waals surface area contributed by atoms with E-state index in [0.717, 1.165) is 16.7 Å². The Morgan fingerprint density at radius 1 is 1.43 bits per heavy atom. The maximum Gasteiger partial charge on any atom is 0.109 e. The first-order chi connectivity index (χ1) is 6.79. The summed E-state index contributed by atoms with van der Waals surface area (Å²) in [5, 5.41) is 16.4. The number of hydrogen-bond donors (Lipinski definition) is 2. The summed E-state index contributed by atoms with van der Waals surface area (Å²) >= 11 is 0. The normalized spacial score (nSPS) is 12.7. The monoisotopic (exact) mass is 189 g/mol. The van der Waals surface area contributed by atoms with E-state index in [0.29, 0.717) is 0 Å². The van der Waals surface area contributed by atoms with Crippen LogP contribution in [0.3, 0.4) is 0 Å². The SMILES string of the molecule is Cc1ccncc1C(O)c1cn[nH]c1. The van der Waals surface area contributed by atoms with Gasteiger partial charge in [0.05, 0.1) is 6.20 Å². The van der Waals surface area contributed by atoms with E-state index in [1.54, 1.807) is 24.8 Å². The van der Waals surface area contributed by atoms with Crippen LogP contribution < -0.4 is 0 Å². The Kier molecular flexibility index (Phi) is 2.28. The van der Waals surface area contributed by atoms with Crippen molar-refractivity contribution in [3.05, 3.63) is 47.5 Å². The fourth-order valence-corrected chi connectivity index (χ4v) is 1.35. The molecule has 0 radical (unpaired) electrons. The number of aliphatic hydroxyl groups excluding tert-OH is 1. The molecule has 0 aliphatic rings.